The number of anilines is 1. The minimum atomic E-state index is -0.854. The molecule has 1 aromatic rings. The number of aryl methyl sites for hydroxylation is 1. The molecule has 1 heterocycles. The van der Waals surface area contributed by atoms with E-state index in [1.807, 2.05) is 6.92 Å². The topological polar surface area (TPSA) is 105 Å². The first-order valence-electron chi connectivity index (χ1n) is 6.69. The lowest BCUT2D eigenvalue weighted by Crippen LogP contribution is -2.38. The predicted octanol–water partition coefficient (Wildman–Crippen LogP) is 1.69. The van der Waals surface area contributed by atoms with Crippen LogP contribution >= 0.6 is 0 Å². The highest BCUT2D eigenvalue weighted by molar-refractivity contribution is 5.97. The fourth-order valence-electron chi connectivity index (χ4n) is 2.79. The number of hydrogen-bond donors (Lipinski definition) is 3. The Morgan fingerprint density at radius 2 is 2.05 bits per heavy atom. The minimum Gasteiger partial charge on any atom is -0.481 e. The van der Waals surface area contributed by atoms with Crippen molar-refractivity contribution in [3.05, 3.63) is 23.4 Å². The second kappa shape index (κ2) is 5.48. The van der Waals surface area contributed by atoms with Gasteiger partial charge >= 0.3 is 5.97 Å². The molecule has 0 atom stereocenters. The van der Waals surface area contributed by atoms with Gasteiger partial charge in [0.15, 0.2) is 0 Å². The molecule has 108 valence electrons. The van der Waals surface area contributed by atoms with Crippen LogP contribution in [0.3, 0.4) is 0 Å². The van der Waals surface area contributed by atoms with Crippen molar-refractivity contribution in [1.29, 1.82) is 0 Å². The number of aromatic nitrogens is 1. The zero-order chi connectivity index (χ0) is 14.8. The van der Waals surface area contributed by atoms with E-state index in [1.54, 1.807) is 12.1 Å². The molecule has 0 bridgehead atoms. The first kappa shape index (κ1) is 14.3. The molecule has 1 aliphatic rings. The van der Waals surface area contributed by atoms with E-state index in [2.05, 4.69) is 10.3 Å². The molecule has 2 rings (SSSR count). The lowest BCUT2D eigenvalue weighted by molar-refractivity contribution is -0.138. The van der Waals surface area contributed by atoms with E-state index in [0.717, 1.165) is 31.4 Å². The van der Waals surface area contributed by atoms with Crippen molar-refractivity contribution < 1.29 is 14.7 Å². The lowest BCUT2D eigenvalue weighted by atomic mass is 9.93. The van der Waals surface area contributed by atoms with Gasteiger partial charge < -0.3 is 16.2 Å². The number of carbonyl (C=O) groups is 2. The SMILES string of the molecule is Cc1ccc(C(N)=O)c(NC2(CC(=O)O)CCCC2)n1. The summed E-state index contributed by atoms with van der Waals surface area (Å²) in [5.41, 5.74) is 5.87. The van der Waals surface area contributed by atoms with Crippen LogP contribution in [0.25, 0.3) is 0 Å². The first-order chi connectivity index (χ1) is 9.42. The molecule has 0 saturated heterocycles. The van der Waals surface area contributed by atoms with E-state index < -0.39 is 17.4 Å². The number of pyridine rings is 1. The number of aliphatic carboxylic acids is 1. The van der Waals surface area contributed by atoms with Gasteiger partial charge in [-0.3, -0.25) is 9.59 Å². The minimum absolute atomic E-state index is 0.0147. The molecule has 1 aliphatic carbocycles. The molecular formula is C14H19N3O3. The molecular weight excluding hydrogens is 258 g/mol. The lowest BCUT2D eigenvalue weighted by Gasteiger charge is -2.30. The van der Waals surface area contributed by atoms with E-state index in [-0.39, 0.29) is 6.42 Å². The van der Waals surface area contributed by atoms with Gasteiger partial charge in [0.2, 0.25) is 0 Å². The maximum Gasteiger partial charge on any atom is 0.305 e. The quantitative estimate of drug-likeness (QED) is 0.759. The Morgan fingerprint density at radius 3 is 2.60 bits per heavy atom. The molecule has 0 unspecified atom stereocenters. The number of nitrogens with zero attached hydrogens (tertiary/aromatic N) is 1. The summed E-state index contributed by atoms with van der Waals surface area (Å²) in [6.45, 7) is 1.81. The van der Waals surface area contributed by atoms with Crippen molar-refractivity contribution in [2.75, 3.05) is 5.32 Å². The standard InChI is InChI=1S/C14H19N3O3/c1-9-4-5-10(12(15)20)13(16-9)17-14(8-11(18)19)6-2-3-7-14/h4-5H,2-3,6-8H2,1H3,(H2,15,20)(H,16,17)(H,18,19). The molecule has 4 N–H and O–H groups in total. The zero-order valence-corrected chi connectivity index (χ0v) is 11.5. The van der Waals surface area contributed by atoms with E-state index in [1.165, 1.54) is 0 Å². The molecule has 1 aromatic heterocycles. The zero-order valence-electron chi connectivity index (χ0n) is 11.5. The number of nitrogens with two attached hydrogens (primary N) is 1. The molecule has 20 heavy (non-hydrogen) atoms. The predicted molar refractivity (Wildman–Crippen MR) is 74.6 cm³/mol. The molecule has 0 aliphatic heterocycles. The largest absolute Gasteiger partial charge is 0.481 e. The summed E-state index contributed by atoms with van der Waals surface area (Å²) in [6.07, 6.45) is 3.47. The van der Waals surface area contributed by atoms with E-state index in [4.69, 9.17) is 10.8 Å². The second-order valence-corrected chi connectivity index (χ2v) is 5.40. The monoisotopic (exact) mass is 277 g/mol. The Balaban J connectivity index is 2.33. The molecule has 0 aromatic carbocycles. The van der Waals surface area contributed by atoms with Crippen LogP contribution < -0.4 is 11.1 Å². The number of rotatable bonds is 5. The molecule has 1 fully saturated rings. The van der Waals surface area contributed by atoms with Gasteiger partial charge in [0.1, 0.15) is 5.82 Å². The van der Waals surface area contributed by atoms with Crippen LogP contribution in [0.2, 0.25) is 0 Å². The van der Waals surface area contributed by atoms with E-state index in [9.17, 15) is 9.59 Å². The molecule has 6 nitrogen and oxygen atoms in total. The summed E-state index contributed by atoms with van der Waals surface area (Å²) in [6, 6.07) is 3.33. The summed E-state index contributed by atoms with van der Waals surface area (Å²) in [5.74, 6) is -1.03. The number of hydrogen-bond acceptors (Lipinski definition) is 4. The van der Waals surface area contributed by atoms with Crippen LogP contribution in [0.15, 0.2) is 12.1 Å². The van der Waals surface area contributed by atoms with Crippen molar-refractivity contribution in [3.8, 4) is 0 Å². The van der Waals surface area contributed by atoms with Crippen molar-refractivity contribution in [2.24, 2.45) is 5.73 Å². The van der Waals surface area contributed by atoms with E-state index >= 15 is 0 Å². The van der Waals surface area contributed by atoms with Crippen LogP contribution in [0, 0.1) is 6.92 Å². The summed E-state index contributed by atoms with van der Waals surface area (Å²) in [7, 11) is 0. The highest BCUT2D eigenvalue weighted by Gasteiger charge is 2.37. The Labute approximate surface area is 117 Å². The number of carboxylic acid groups (broad SMARTS) is 1. The number of primary amides is 1. The summed E-state index contributed by atoms with van der Waals surface area (Å²) < 4.78 is 0. The van der Waals surface area contributed by atoms with Crippen LogP contribution in [-0.2, 0) is 4.79 Å². The van der Waals surface area contributed by atoms with Gasteiger partial charge in [-0.05, 0) is 31.9 Å². The van der Waals surface area contributed by atoms with Crippen LogP contribution in [0.4, 0.5) is 5.82 Å². The van der Waals surface area contributed by atoms with Crippen LogP contribution in [-0.4, -0.2) is 27.5 Å². The normalized spacial score (nSPS) is 16.9. The number of carbonyl (C=O) groups excluding carboxylic acids is 1. The third-order valence-corrected chi connectivity index (χ3v) is 3.73. The van der Waals surface area contributed by atoms with E-state index in [0.29, 0.717) is 11.4 Å². The van der Waals surface area contributed by atoms with Crippen molar-refractivity contribution in [2.45, 2.75) is 44.6 Å². The maximum atomic E-state index is 11.5. The summed E-state index contributed by atoms with van der Waals surface area (Å²) in [5, 5.41) is 12.3. The highest BCUT2D eigenvalue weighted by atomic mass is 16.4. The highest BCUT2D eigenvalue weighted by Crippen LogP contribution is 2.36. The fraction of sp³-hybridized carbons (Fsp3) is 0.500. The van der Waals surface area contributed by atoms with Crippen molar-refractivity contribution in [3.63, 3.8) is 0 Å². The van der Waals surface area contributed by atoms with Gasteiger partial charge in [-0.25, -0.2) is 4.98 Å². The number of nitrogens with one attached hydrogen (secondary N) is 1. The van der Waals surface area contributed by atoms with Gasteiger partial charge in [-0.1, -0.05) is 12.8 Å². The first-order valence-corrected chi connectivity index (χ1v) is 6.69. The molecule has 6 heteroatoms. The average molecular weight is 277 g/mol. The van der Waals surface area contributed by atoms with Crippen LogP contribution in [0.5, 0.6) is 0 Å². The number of carboxylic acids is 1. The maximum absolute atomic E-state index is 11.5. The average Bonchev–Trinajstić information content (AvgIpc) is 2.75. The Morgan fingerprint density at radius 1 is 1.40 bits per heavy atom. The number of amides is 1. The van der Waals surface area contributed by atoms with Gasteiger partial charge in [-0.2, -0.15) is 0 Å². The summed E-state index contributed by atoms with van der Waals surface area (Å²) in [4.78, 5) is 26.8. The van der Waals surface area contributed by atoms with Crippen molar-refractivity contribution in [1.82, 2.24) is 4.98 Å². The van der Waals surface area contributed by atoms with Crippen LogP contribution in [0.1, 0.15) is 48.2 Å². The molecule has 1 saturated carbocycles. The fourth-order valence-corrected chi connectivity index (χ4v) is 2.79. The Bertz CT molecular complexity index is 536. The van der Waals surface area contributed by atoms with Gasteiger partial charge in [-0.15, -0.1) is 0 Å². The molecule has 1 amide bonds. The Hall–Kier alpha value is -2.11. The van der Waals surface area contributed by atoms with Gasteiger partial charge in [0.25, 0.3) is 5.91 Å². The van der Waals surface area contributed by atoms with Crippen molar-refractivity contribution >= 4 is 17.7 Å². The molecule has 0 spiro atoms. The van der Waals surface area contributed by atoms with Gasteiger partial charge in [0.05, 0.1) is 12.0 Å². The smallest absolute Gasteiger partial charge is 0.305 e. The third-order valence-electron chi connectivity index (χ3n) is 3.73. The third kappa shape index (κ3) is 3.07. The summed E-state index contributed by atoms with van der Waals surface area (Å²) >= 11 is 0. The second-order valence-electron chi connectivity index (χ2n) is 5.40. The van der Waals surface area contributed by atoms with Gasteiger partial charge in [0, 0.05) is 11.2 Å². The Kier molecular flexibility index (Phi) is 3.92. The molecule has 0 radical (unpaired) electrons.